The van der Waals surface area contributed by atoms with E-state index in [9.17, 15) is 8.42 Å². The number of aryl methyl sites for hydroxylation is 1. The lowest BCUT2D eigenvalue weighted by Gasteiger charge is -2.30. The molecular weight excluding hydrogens is 288 g/mol. The van der Waals surface area contributed by atoms with E-state index in [0.29, 0.717) is 12.3 Å². The molecule has 1 atom stereocenters. The van der Waals surface area contributed by atoms with Gasteiger partial charge in [0.15, 0.2) is 5.03 Å². The van der Waals surface area contributed by atoms with Crippen LogP contribution in [0.25, 0.3) is 0 Å². The lowest BCUT2D eigenvalue weighted by atomic mass is 9.92. The zero-order valence-electron chi connectivity index (χ0n) is 11.8. The normalized spacial score (nSPS) is 15.1. The number of nitrogens with one attached hydrogen (secondary N) is 1. The topological polar surface area (TPSA) is 90.0 Å². The third kappa shape index (κ3) is 5.10. The molecule has 1 unspecified atom stereocenters. The molecule has 0 fully saturated rings. The molecule has 1 aromatic rings. The van der Waals surface area contributed by atoms with Crippen LogP contribution in [-0.4, -0.2) is 30.1 Å². The van der Waals surface area contributed by atoms with Gasteiger partial charge in [0.2, 0.25) is 0 Å². The van der Waals surface area contributed by atoms with Gasteiger partial charge < -0.3 is 10.3 Å². The fraction of sp³-hybridized carbons (Fsp3) is 0.727. The monoisotopic (exact) mass is 310 g/mol. The number of nitrogens with zero attached hydrogens (tertiary/aromatic N) is 2. The first-order valence-corrected chi connectivity index (χ1v) is 7.39. The number of rotatable bonds is 6. The van der Waals surface area contributed by atoms with Crippen LogP contribution in [0, 0.1) is 5.92 Å². The Bertz CT molecular complexity index is 501. The zero-order chi connectivity index (χ0) is 14.0. The molecule has 0 saturated carbocycles. The summed E-state index contributed by atoms with van der Waals surface area (Å²) in [6.07, 6.45) is 3.60. The van der Waals surface area contributed by atoms with Crippen LogP contribution in [-0.2, 0) is 17.1 Å². The Morgan fingerprint density at radius 2 is 2.11 bits per heavy atom. The van der Waals surface area contributed by atoms with Crippen LogP contribution in [0.3, 0.4) is 0 Å². The van der Waals surface area contributed by atoms with Gasteiger partial charge >= 0.3 is 0 Å². The van der Waals surface area contributed by atoms with Crippen molar-refractivity contribution in [3.63, 3.8) is 0 Å². The van der Waals surface area contributed by atoms with Gasteiger partial charge in [0, 0.05) is 25.3 Å². The smallest absolute Gasteiger partial charge is 0.260 e. The highest BCUT2D eigenvalue weighted by Gasteiger charge is 2.31. The lowest BCUT2D eigenvalue weighted by molar-refractivity contribution is 0.344. The van der Waals surface area contributed by atoms with E-state index in [4.69, 9.17) is 5.73 Å². The molecule has 0 aliphatic rings. The lowest BCUT2D eigenvalue weighted by Crippen LogP contribution is -2.52. The Hall–Kier alpha value is -0.630. The van der Waals surface area contributed by atoms with Gasteiger partial charge in [-0.05, 0) is 19.3 Å². The summed E-state index contributed by atoms with van der Waals surface area (Å²) in [5.74, 6) is 0.352. The number of nitrogens with two attached hydrogens (primary N) is 1. The first-order valence-electron chi connectivity index (χ1n) is 5.90. The minimum Gasteiger partial charge on any atom is -0.339 e. The molecule has 112 valence electrons. The van der Waals surface area contributed by atoms with Crippen molar-refractivity contribution < 1.29 is 8.42 Å². The van der Waals surface area contributed by atoms with E-state index >= 15 is 0 Å². The number of hydrogen-bond donors (Lipinski definition) is 2. The quantitative estimate of drug-likeness (QED) is 0.816. The van der Waals surface area contributed by atoms with Crippen LogP contribution in [0.5, 0.6) is 0 Å². The number of hydrogen-bond acceptors (Lipinski definition) is 4. The summed E-state index contributed by atoms with van der Waals surface area (Å²) >= 11 is 0. The standard InChI is InChI=1S/C11H22N4O2S.ClH/c1-9(2)5-11(3,7-12)14-18(16,17)10-6-15(4)8-13-10;/h6,8-9,14H,5,7,12H2,1-4H3;1H. The van der Waals surface area contributed by atoms with E-state index in [2.05, 4.69) is 9.71 Å². The van der Waals surface area contributed by atoms with Crippen LogP contribution in [0.1, 0.15) is 27.2 Å². The van der Waals surface area contributed by atoms with Crippen LogP contribution >= 0.6 is 12.4 Å². The molecule has 1 heterocycles. The molecule has 19 heavy (non-hydrogen) atoms. The molecule has 0 amide bonds. The third-order valence-corrected chi connectivity index (χ3v) is 4.17. The molecular formula is C11H23ClN4O2S. The maximum absolute atomic E-state index is 12.2. The van der Waals surface area contributed by atoms with Crippen LogP contribution in [0.15, 0.2) is 17.6 Å². The minimum absolute atomic E-state index is 0. The maximum atomic E-state index is 12.2. The Labute approximate surface area is 121 Å². The molecule has 0 radical (unpaired) electrons. The molecule has 8 heteroatoms. The summed E-state index contributed by atoms with van der Waals surface area (Å²) in [6, 6.07) is 0. The van der Waals surface area contributed by atoms with Gasteiger partial charge in [-0.25, -0.2) is 18.1 Å². The summed E-state index contributed by atoms with van der Waals surface area (Å²) in [7, 11) is -1.89. The molecule has 3 N–H and O–H groups in total. The van der Waals surface area contributed by atoms with Gasteiger partial charge in [-0.1, -0.05) is 13.8 Å². The van der Waals surface area contributed by atoms with Crippen molar-refractivity contribution in [3.8, 4) is 0 Å². The zero-order valence-corrected chi connectivity index (χ0v) is 13.4. The molecule has 6 nitrogen and oxygen atoms in total. The highest BCUT2D eigenvalue weighted by atomic mass is 35.5. The third-order valence-electron chi connectivity index (χ3n) is 2.65. The van der Waals surface area contributed by atoms with Crippen molar-refractivity contribution in [3.05, 3.63) is 12.5 Å². The van der Waals surface area contributed by atoms with E-state index in [1.165, 1.54) is 12.5 Å². The molecule has 0 aliphatic carbocycles. The number of halogens is 1. The molecule has 0 aromatic carbocycles. The number of aromatic nitrogens is 2. The van der Waals surface area contributed by atoms with Gasteiger partial charge in [-0.2, -0.15) is 0 Å². The summed E-state index contributed by atoms with van der Waals surface area (Å²) in [5.41, 5.74) is 5.04. The van der Waals surface area contributed by atoms with Crippen molar-refractivity contribution in [2.45, 2.75) is 37.8 Å². The van der Waals surface area contributed by atoms with Crippen LogP contribution in [0.4, 0.5) is 0 Å². The molecule has 1 rings (SSSR count). The average molecular weight is 311 g/mol. The predicted octanol–water partition coefficient (Wildman–Crippen LogP) is 0.884. The molecule has 0 spiro atoms. The predicted molar refractivity (Wildman–Crippen MR) is 77.7 cm³/mol. The first kappa shape index (κ1) is 18.4. The van der Waals surface area contributed by atoms with Crippen molar-refractivity contribution >= 4 is 22.4 Å². The molecule has 1 aromatic heterocycles. The van der Waals surface area contributed by atoms with Crippen molar-refractivity contribution in [2.75, 3.05) is 6.54 Å². The van der Waals surface area contributed by atoms with Gasteiger partial charge in [0.25, 0.3) is 10.0 Å². The first-order chi connectivity index (χ1) is 8.18. The summed E-state index contributed by atoms with van der Waals surface area (Å²) < 4.78 is 28.6. The Kier molecular flexibility index (Phi) is 6.47. The van der Waals surface area contributed by atoms with Gasteiger partial charge in [0.05, 0.1) is 6.33 Å². The Balaban J connectivity index is 0.00000324. The van der Waals surface area contributed by atoms with E-state index in [1.54, 1.807) is 11.6 Å². The Morgan fingerprint density at radius 3 is 2.47 bits per heavy atom. The largest absolute Gasteiger partial charge is 0.339 e. The minimum atomic E-state index is -3.62. The highest BCUT2D eigenvalue weighted by molar-refractivity contribution is 7.89. The van der Waals surface area contributed by atoms with E-state index < -0.39 is 15.6 Å². The second-order valence-electron chi connectivity index (χ2n) is 5.35. The fourth-order valence-corrected chi connectivity index (χ4v) is 3.38. The van der Waals surface area contributed by atoms with Crippen LogP contribution in [0.2, 0.25) is 0 Å². The van der Waals surface area contributed by atoms with E-state index in [1.807, 2.05) is 20.8 Å². The SMILES string of the molecule is CC(C)CC(C)(CN)NS(=O)(=O)c1cn(C)cn1.Cl. The number of imidazole rings is 1. The Morgan fingerprint density at radius 1 is 1.53 bits per heavy atom. The maximum Gasteiger partial charge on any atom is 0.260 e. The van der Waals surface area contributed by atoms with Gasteiger partial charge in [-0.3, -0.25) is 0 Å². The number of sulfonamides is 1. The summed E-state index contributed by atoms with van der Waals surface area (Å²) in [4.78, 5) is 3.86. The second-order valence-corrected chi connectivity index (χ2v) is 6.97. The van der Waals surface area contributed by atoms with Crippen molar-refractivity contribution in [1.29, 1.82) is 0 Å². The molecule has 0 saturated heterocycles. The summed E-state index contributed by atoms with van der Waals surface area (Å²) in [6.45, 7) is 6.12. The van der Waals surface area contributed by atoms with Gasteiger partial charge in [0.1, 0.15) is 0 Å². The van der Waals surface area contributed by atoms with E-state index in [-0.39, 0.29) is 24.0 Å². The average Bonchev–Trinajstić information content (AvgIpc) is 2.63. The van der Waals surface area contributed by atoms with Gasteiger partial charge in [-0.15, -0.1) is 12.4 Å². The fourth-order valence-electron chi connectivity index (χ4n) is 1.97. The molecule has 0 aliphatic heterocycles. The van der Waals surface area contributed by atoms with Crippen molar-refractivity contribution in [1.82, 2.24) is 14.3 Å². The second kappa shape index (κ2) is 6.69. The van der Waals surface area contributed by atoms with Crippen molar-refractivity contribution in [2.24, 2.45) is 18.7 Å². The summed E-state index contributed by atoms with van der Waals surface area (Å²) in [5, 5.41) is 0.0217. The van der Waals surface area contributed by atoms with E-state index in [0.717, 1.165) is 0 Å². The highest BCUT2D eigenvalue weighted by Crippen LogP contribution is 2.18. The van der Waals surface area contributed by atoms with Crippen LogP contribution < -0.4 is 10.5 Å². The molecule has 0 bridgehead atoms.